The molecule has 12 heteroatoms. The number of allylic oxidation sites excluding steroid dienone is 1. The molecular formula is C27H22ClF4NO5S. The highest BCUT2D eigenvalue weighted by Crippen LogP contribution is 2.41. The average Bonchev–Trinajstić information content (AvgIpc) is 2.88. The second-order valence-electron chi connectivity index (χ2n) is 8.88. The van der Waals surface area contributed by atoms with Crippen LogP contribution in [-0.4, -0.2) is 32.1 Å². The van der Waals surface area contributed by atoms with E-state index in [4.69, 9.17) is 21.4 Å². The van der Waals surface area contributed by atoms with Crippen LogP contribution >= 0.6 is 11.6 Å². The normalized spacial score (nSPS) is 16.0. The van der Waals surface area contributed by atoms with Crippen molar-refractivity contribution in [1.29, 1.82) is 0 Å². The minimum absolute atomic E-state index is 0.0319. The molecule has 0 aliphatic carbocycles. The summed E-state index contributed by atoms with van der Waals surface area (Å²) >= 11 is 6.13. The van der Waals surface area contributed by atoms with Gasteiger partial charge >= 0.3 is 12.1 Å². The van der Waals surface area contributed by atoms with Crippen LogP contribution in [0.4, 0.5) is 23.2 Å². The third-order valence-corrected chi connectivity index (χ3v) is 8.24. The van der Waals surface area contributed by atoms with Gasteiger partial charge in [0, 0.05) is 12.0 Å². The summed E-state index contributed by atoms with van der Waals surface area (Å²) in [5.74, 6) is -1.56. The van der Waals surface area contributed by atoms with Crippen LogP contribution in [0.3, 0.4) is 0 Å². The second-order valence-corrected chi connectivity index (χ2v) is 11.1. The highest BCUT2D eigenvalue weighted by Gasteiger charge is 2.37. The van der Waals surface area contributed by atoms with Crippen molar-refractivity contribution in [3.63, 3.8) is 0 Å². The summed E-state index contributed by atoms with van der Waals surface area (Å²) < 4.78 is 88.5. The van der Waals surface area contributed by atoms with Crippen LogP contribution < -0.4 is 9.04 Å². The number of carboxylic acid groups (broad SMARTS) is 1. The minimum atomic E-state index is -4.76. The van der Waals surface area contributed by atoms with E-state index in [1.807, 2.05) is 0 Å². The van der Waals surface area contributed by atoms with Gasteiger partial charge in [-0.3, -0.25) is 9.10 Å². The van der Waals surface area contributed by atoms with Crippen LogP contribution in [0, 0.1) is 5.82 Å². The molecule has 0 radical (unpaired) electrons. The zero-order valence-electron chi connectivity index (χ0n) is 20.4. The van der Waals surface area contributed by atoms with Gasteiger partial charge in [0.1, 0.15) is 17.7 Å². The first-order valence-electron chi connectivity index (χ1n) is 11.6. The summed E-state index contributed by atoms with van der Waals surface area (Å²) in [7, 11) is -4.54. The molecule has 0 spiro atoms. The van der Waals surface area contributed by atoms with E-state index >= 15 is 0 Å². The first-order chi connectivity index (χ1) is 18.3. The number of fused-ring (bicyclic) bond motifs is 1. The highest BCUT2D eigenvalue weighted by molar-refractivity contribution is 7.92. The van der Waals surface area contributed by atoms with Crippen LogP contribution in [0.2, 0.25) is 5.02 Å². The lowest BCUT2D eigenvalue weighted by atomic mass is 10.0. The Kier molecular flexibility index (Phi) is 7.94. The Labute approximate surface area is 227 Å². The van der Waals surface area contributed by atoms with Crippen molar-refractivity contribution in [3.8, 4) is 5.75 Å². The van der Waals surface area contributed by atoms with Crippen LogP contribution in [0.5, 0.6) is 5.75 Å². The zero-order valence-corrected chi connectivity index (χ0v) is 21.9. The van der Waals surface area contributed by atoms with E-state index < -0.39 is 44.5 Å². The molecule has 0 unspecified atom stereocenters. The van der Waals surface area contributed by atoms with Gasteiger partial charge < -0.3 is 9.84 Å². The fourth-order valence-corrected chi connectivity index (χ4v) is 5.89. The first-order valence-corrected chi connectivity index (χ1v) is 13.4. The van der Waals surface area contributed by atoms with E-state index in [-0.39, 0.29) is 41.4 Å². The Morgan fingerprint density at radius 2 is 1.87 bits per heavy atom. The molecule has 0 aromatic heterocycles. The Morgan fingerprint density at radius 3 is 2.54 bits per heavy atom. The number of aliphatic carboxylic acids is 1. The third kappa shape index (κ3) is 6.20. The molecular weight excluding hydrogens is 562 g/mol. The SMILES string of the molecule is C/C(=C\c1c(F)cccc1Cl)c1ccc2c(c1)N(S(=O)(=O)c1cccc(C(F)(F)F)c1)C[C@H](CCC(=O)O)O2. The predicted octanol–water partition coefficient (Wildman–Crippen LogP) is 6.88. The average molecular weight is 584 g/mol. The molecule has 3 aromatic carbocycles. The van der Waals surface area contributed by atoms with Crippen molar-refractivity contribution in [2.75, 3.05) is 10.8 Å². The lowest BCUT2D eigenvalue weighted by molar-refractivity contribution is -0.138. The van der Waals surface area contributed by atoms with Gasteiger partial charge in [0.05, 0.1) is 27.7 Å². The van der Waals surface area contributed by atoms with Crippen LogP contribution in [0.25, 0.3) is 11.6 Å². The van der Waals surface area contributed by atoms with Crippen LogP contribution in [-0.2, 0) is 21.0 Å². The number of alkyl halides is 3. The number of sulfonamides is 1. The Balaban J connectivity index is 1.81. The van der Waals surface area contributed by atoms with E-state index in [1.54, 1.807) is 13.0 Å². The number of hydrogen-bond donors (Lipinski definition) is 1. The topological polar surface area (TPSA) is 83.9 Å². The number of hydrogen-bond acceptors (Lipinski definition) is 4. The van der Waals surface area contributed by atoms with Crippen molar-refractivity contribution < 1.29 is 40.6 Å². The van der Waals surface area contributed by atoms with Crippen molar-refractivity contribution in [3.05, 3.63) is 88.2 Å². The Bertz CT molecular complexity index is 1540. The van der Waals surface area contributed by atoms with Crippen molar-refractivity contribution >= 4 is 44.9 Å². The third-order valence-electron chi connectivity index (χ3n) is 6.14. The van der Waals surface area contributed by atoms with E-state index in [9.17, 15) is 30.8 Å². The molecule has 0 amide bonds. The molecule has 206 valence electrons. The Hall–Kier alpha value is -3.57. The standard InChI is InChI=1S/C27H22ClF4NO5S/c1-16(12-21-22(28)6-3-7-23(21)29)17-8-10-25-24(13-17)33(15-19(38-25)9-11-26(34)35)39(36,37)20-5-2-4-18(14-20)27(30,31)32/h2-8,10,12-14,19H,9,11,15H2,1H3,(H,34,35)/b16-12+/t19-/m0/s1. The van der Waals surface area contributed by atoms with Gasteiger partial charge in [0.15, 0.2) is 0 Å². The van der Waals surface area contributed by atoms with Crippen LogP contribution in [0.1, 0.15) is 36.5 Å². The lowest BCUT2D eigenvalue weighted by Crippen LogP contribution is -2.43. The summed E-state index contributed by atoms with van der Waals surface area (Å²) in [4.78, 5) is 10.5. The largest absolute Gasteiger partial charge is 0.486 e. The number of nitrogens with zero attached hydrogens (tertiary/aromatic N) is 1. The number of rotatable bonds is 7. The maximum absolute atomic E-state index is 14.3. The van der Waals surface area contributed by atoms with Gasteiger partial charge in [-0.1, -0.05) is 29.8 Å². The smallest absolute Gasteiger partial charge is 0.416 e. The highest BCUT2D eigenvalue weighted by atomic mass is 35.5. The maximum atomic E-state index is 14.3. The van der Waals surface area contributed by atoms with Crippen molar-refractivity contribution in [2.45, 2.75) is 36.9 Å². The molecule has 6 nitrogen and oxygen atoms in total. The predicted molar refractivity (Wildman–Crippen MR) is 139 cm³/mol. The molecule has 1 aliphatic heterocycles. The molecule has 1 N–H and O–H groups in total. The molecule has 0 fully saturated rings. The molecule has 4 rings (SSSR count). The monoisotopic (exact) mass is 583 g/mol. The quantitative estimate of drug-likeness (QED) is 0.242. The minimum Gasteiger partial charge on any atom is -0.486 e. The zero-order chi connectivity index (χ0) is 28.5. The number of ether oxygens (including phenoxy) is 1. The molecule has 0 saturated heterocycles. The van der Waals surface area contributed by atoms with Gasteiger partial charge in [0.25, 0.3) is 10.0 Å². The molecule has 1 atom stereocenters. The fraction of sp³-hybridized carbons (Fsp3) is 0.222. The second kappa shape index (κ2) is 10.9. The summed E-state index contributed by atoms with van der Waals surface area (Å²) in [5.41, 5.74) is 0.0459. The number of halogens is 5. The number of carbonyl (C=O) groups is 1. The van der Waals surface area contributed by atoms with Gasteiger partial charge in [-0.05, 0) is 73.0 Å². The molecule has 39 heavy (non-hydrogen) atoms. The summed E-state index contributed by atoms with van der Waals surface area (Å²) in [5, 5.41) is 9.24. The lowest BCUT2D eigenvalue weighted by Gasteiger charge is -2.36. The molecule has 0 bridgehead atoms. The Morgan fingerprint density at radius 1 is 1.15 bits per heavy atom. The molecule has 1 aliphatic rings. The summed E-state index contributed by atoms with van der Waals surface area (Å²) in [6.45, 7) is 1.33. The van der Waals surface area contributed by atoms with E-state index in [2.05, 4.69) is 0 Å². The summed E-state index contributed by atoms with van der Waals surface area (Å²) in [6, 6.07) is 12.1. The van der Waals surface area contributed by atoms with Gasteiger partial charge in [-0.15, -0.1) is 0 Å². The number of benzene rings is 3. The van der Waals surface area contributed by atoms with Crippen LogP contribution in [0.15, 0.2) is 65.6 Å². The molecule has 0 saturated carbocycles. The number of anilines is 1. The maximum Gasteiger partial charge on any atom is 0.416 e. The van der Waals surface area contributed by atoms with E-state index in [0.717, 1.165) is 22.5 Å². The fourth-order valence-electron chi connectivity index (χ4n) is 4.13. The van der Waals surface area contributed by atoms with E-state index in [0.29, 0.717) is 17.2 Å². The van der Waals surface area contributed by atoms with E-state index in [1.165, 1.54) is 36.4 Å². The molecule has 3 aromatic rings. The molecule has 1 heterocycles. The van der Waals surface area contributed by atoms with Gasteiger partial charge in [-0.2, -0.15) is 13.2 Å². The first kappa shape index (κ1) is 28.4. The van der Waals surface area contributed by atoms with Gasteiger partial charge in [-0.25, -0.2) is 12.8 Å². The number of carboxylic acids is 1. The van der Waals surface area contributed by atoms with Gasteiger partial charge in [0.2, 0.25) is 0 Å². The summed E-state index contributed by atoms with van der Waals surface area (Å²) in [6.07, 6.45) is -4.48. The van der Waals surface area contributed by atoms with Crippen molar-refractivity contribution in [1.82, 2.24) is 0 Å². The van der Waals surface area contributed by atoms with Crippen molar-refractivity contribution in [2.24, 2.45) is 0 Å².